The van der Waals surface area contributed by atoms with E-state index in [9.17, 15) is 4.39 Å². The Balaban J connectivity index is 0.00000254. The third kappa shape index (κ3) is 12.2. The molecule has 0 radical (unpaired) electrons. The van der Waals surface area contributed by atoms with Crippen molar-refractivity contribution in [2.75, 3.05) is 20.9 Å². The molecular formula is C33H55FO4Si. The molecule has 0 bridgehead atoms. The Morgan fingerprint density at radius 3 is 2.59 bits per heavy atom. The molecule has 1 aliphatic rings. The Bertz CT molecular complexity index is 900. The first-order valence-electron chi connectivity index (χ1n) is 15.3. The molecule has 1 fully saturated rings. The van der Waals surface area contributed by atoms with Crippen LogP contribution >= 0.6 is 0 Å². The zero-order valence-electron chi connectivity index (χ0n) is 26.7. The summed E-state index contributed by atoms with van der Waals surface area (Å²) in [5, 5.41) is 0.0859. The fraction of sp³-hybridized carbons (Fsp3) is 0.697. The van der Waals surface area contributed by atoms with Crippen molar-refractivity contribution in [3.63, 3.8) is 0 Å². The van der Waals surface area contributed by atoms with E-state index in [1.54, 1.807) is 7.11 Å². The van der Waals surface area contributed by atoms with Crippen LogP contribution in [0.4, 0.5) is 4.39 Å². The highest BCUT2D eigenvalue weighted by molar-refractivity contribution is 6.74. The van der Waals surface area contributed by atoms with Crippen LogP contribution in [0.3, 0.4) is 0 Å². The van der Waals surface area contributed by atoms with Gasteiger partial charge in [-0.3, -0.25) is 4.39 Å². The SMILES string of the molecule is C=CCc1c(OC)cccc1[C@@H](C#CCC[C@H](CCCCC)OC1CCCCO1)O[Si](C)(C)C(C)(C)C.[2H]CF. The normalized spacial score (nSPS) is 17.5. The summed E-state index contributed by atoms with van der Waals surface area (Å²) >= 11 is 0. The first-order valence-corrected chi connectivity index (χ1v) is 17.5. The van der Waals surface area contributed by atoms with Crippen LogP contribution in [0.1, 0.15) is 104 Å². The number of allylic oxidation sites excluding steroid dienone is 1. The summed E-state index contributed by atoms with van der Waals surface area (Å²) in [6.07, 6.45) is 12.2. The fourth-order valence-corrected chi connectivity index (χ4v) is 5.49. The highest BCUT2D eigenvalue weighted by atomic mass is 28.4. The molecular weight excluding hydrogens is 507 g/mol. The van der Waals surface area contributed by atoms with Crippen molar-refractivity contribution in [3.05, 3.63) is 42.0 Å². The van der Waals surface area contributed by atoms with Gasteiger partial charge in [0.25, 0.3) is 0 Å². The topological polar surface area (TPSA) is 36.9 Å². The van der Waals surface area contributed by atoms with Crippen LogP contribution in [-0.2, 0) is 20.3 Å². The molecule has 0 amide bonds. The maximum absolute atomic E-state index is 9.96. The smallest absolute Gasteiger partial charge is 0.194 e. The summed E-state index contributed by atoms with van der Waals surface area (Å²) in [7, 11) is -1.35. The summed E-state index contributed by atoms with van der Waals surface area (Å²) in [6.45, 7) is 18.4. The first kappa shape index (κ1) is 33.6. The lowest BCUT2D eigenvalue weighted by molar-refractivity contribution is -0.190. The van der Waals surface area contributed by atoms with Gasteiger partial charge < -0.3 is 18.6 Å². The lowest BCUT2D eigenvalue weighted by atomic mass is 9.98. The molecule has 1 saturated heterocycles. The van der Waals surface area contributed by atoms with Gasteiger partial charge in [0.15, 0.2) is 14.6 Å². The minimum Gasteiger partial charge on any atom is -0.496 e. The quantitative estimate of drug-likeness (QED) is 0.0978. The number of rotatable bonds is 14. The van der Waals surface area contributed by atoms with E-state index >= 15 is 0 Å². The highest BCUT2D eigenvalue weighted by Crippen LogP contribution is 2.41. The van der Waals surface area contributed by atoms with Crippen LogP contribution in [0, 0.1) is 11.8 Å². The van der Waals surface area contributed by atoms with Crippen LogP contribution in [-0.4, -0.2) is 41.6 Å². The average Bonchev–Trinajstić information content (AvgIpc) is 2.91. The third-order valence-corrected chi connectivity index (χ3v) is 12.1. The second kappa shape index (κ2) is 18.6. The Kier molecular flexibility index (Phi) is 16.0. The summed E-state index contributed by atoms with van der Waals surface area (Å²) < 4.78 is 40.4. The largest absolute Gasteiger partial charge is 0.496 e. The number of unbranched alkanes of at least 4 members (excludes halogenated alkanes) is 2. The molecule has 3 atom stereocenters. The zero-order chi connectivity index (χ0) is 30.0. The molecule has 1 unspecified atom stereocenters. The molecule has 0 saturated carbocycles. The number of benzene rings is 1. The molecule has 1 aromatic carbocycles. The van der Waals surface area contributed by atoms with Crippen molar-refractivity contribution >= 4 is 8.32 Å². The van der Waals surface area contributed by atoms with Gasteiger partial charge in [0.1, 0.15) is 11.9 Å². The Morgan fingerprint density at radius 1 is 1.26 bits per heavy atom. The molecule has 1 aliphatic heterocycles. The predicted octanol–water partition coefficient (Wildman–Crippen LogP) is 9.35. The summed E-state index contributed by atoms with van der Waals surface area (Å²) in [4.78, 5) is 0. The van der Waals surface area contributed by atoms with Gasteiger partial charge in [-0.15, -0.1) is 12.5 Å². The summed E-state index contributed by atoms with van der Waals surface area (Å²) in [5.74, 6) is 7.87. The van der Waals surface area contributed by atoms with E-state index in [1.807, 2.05) is 18.2 Å². The second-order valence-corrected chi connectivity index (χ2v) is 16.4. The Morgan fingerprint density at radius 2 is 2.00 bits per heavy atom. The lowest BCUT2D eigenvalue weighted by Crippen LogP contribution is -2.41. The lowest BCUT2D eigenvalue weighted by Gasteiger charge is -2.38. The molecule has 222 valence electrons. The number of halogens is 1. The van der Waals surface area contributed by atoms with Gasteiger partial charge in [-0.2, -0.15) is 0 Å². The van der Waals surface area contributed by atoms with Gasteiger partial charge in [-0.05, 0) is 68.3 Å². The fourth-order valence-electron chi connectivity index (χ4n) is 4.36. The van der Waals surface area contributed by atoms with Gasteiger partial charge in [-0.25, -0.2) is 0 Å². The minimum atomic E-state index is -2.07. The van der Waals surface area contributed by atoms with E-state index in [2.05, 4.69) is 65.3 Å². The van der Waals surface area contributed by atoms with E-state index in [4.69, 9.17) is 20.0 Å². The molecule has 4 nitrogen and oxygen atoms in total. The van der Waals surface area contributed by atoms with Gasteiger partial charge >= 0.3 is 0 Å². The zero-order valence-corrected chi connectivity index (χ0v) is 26.7. The average molecular weight is 564 g/mol. The number of methoxy groups -OCH3 is 1. The molecule has 0 aromatic heterocycles. The van der Waals surface area contributed by atoms with E-state index < -0.39 is 15.5 Å². The maximum atomic E-state index is 9.96. The number of hydrogen-bond acceptors (Lipinski definition) is 4. The predicted molar refractivity (Wildman–Crippen MR) is 165 cm³/mol. The molecule has 39 heavy (non-hydrogen) atoms. The van der Waals surface area contributed by atoms with Crippen LogP contribution < -0.4 is 4.74 Å². The molecule has 2 rings (SSSR count). The van der Waals surface area contributed by atoms with Gasteiger partial charge in [-0.1, -0.05) is 71.1 Å². The summed E-state index contributed by atoms with van der Waals surface area (Å²) in [6, 6.07) is 6.17. The monoisotopic (exact) mass is 563 g/mol. The van der Waals surface area contributed by atoms with Crippen molar-refractivity contribution in [1.29, 1.82) is 0 Å². The number of hydrogen-bond donors (Lipinski definition) is 0. The Labute approximate surface area is 241 Å². The van der Waals surface area contributed by atoms with Crippen LogP contribution in [0.5, 0.6) is 5.75 Å². The van der Waals surface area contributed by atoms with E-state index in [0.29, 0.717) is 6.42 Å². The van der Waals surface area contributed by atoms with Crippen molar-refractivity contribution in [1.82, 2.24) is 0 Å². The van der Waals surface area contributed by atoms with Crippen LogP contribution in [0.2, 0.25) is 18.1 Å². The Hall–Kier alpha value is -1.65. The van der Waals surface area contributed by atoms with E-state index in [-0.39, 0.29) is 23.5 Å². The summed E-state index contributed by atoms with van der Waals surface area (Å²) in [5.41, 5.74) is 2.19. The van der Waals surface area contributed by atoms with Crippen molar-refractivity contribution < 1.29 is 24.4 Å². The van der Waals surface area contributed by atoms with E-state index in [0.717, 1.165) is 55.6 Å². The van der Waals surface area contributed by atoms with Crippen molar-refractivity contribution in [2.24, 2.45) is 0 Å². The van der Waals surface area contributed by atoms with Gasteiger partial charge in [0, 0.05) is 18.6 Å². The van der Waals surface area contributed by atoms with Crippen molar-refractivity contribution in [2.45, 2.75) is 129 Å². The van der Waals surface area contributed by atoms with Crippen LogP contribution in [0.15, 0.2) is 30.9 Å². The number of alkyl halides is 1. The molecule has 0 N–H and O–H groups in total. The van der Waals surface area contributed by atoms with E-state index in [1.165, 1.54) is 25.7 Å². The molecule has 0 spiro atoms. The molecule has 1 heterocycles. The first-order chi connectivity index (χ1) is 19.0. The highest BCUT2D eigenvalue weighted by Gasteiger charge is 2.39. The standard InChI is InChI=1S/C32H52O4Si.CH3F/c1-9-11-12-19-26(35-31-24-15-16-25-34-31)20-13-14-22-30(36-37(7,8)32(3,4)5)28-21-17-23-29(33-6)27(28)18-10-2;1-2/h10,17,21,23,26,30-31H,2,9,11-13,15-16,18-20,24-25H2,1,3-8H3;1H3/t26-,30+,31?;/m0./s1/i;1D. The van der Waals surface area contributed by atoms with Crippen molar-refractivity contribution in [3.8, 4) is 17.6 Å². The van der Waals surface area contributed by atoms with Crippen LogP contribution in [0.25, 0.3) is 0 Å². The van der Waals surface area contributed by atoms with Gasteiger partial charge in [0.2, 0.25) is 0 Å². The molecule has 0 aliphatic carbocycles. The molecule has 1 aromatic rings. The number of ether oxygens (including phenoxy) is 3. The maximum Gasteiger partial charge on any atom is 0.194 e. The minimum absolute atomic E-state index is 0.0544. The van der Waals surface area contributed by atoms with Gasteiger partial charge in [0.05, 0.1) is 21.7 Å². The third-order valence-electron chi connectivity index (χ3n) is 7.68. The molecule has 6 heteroatoms. The second-order valence-electron chi connectivity index (χ2n) is 11.7.